The molecule has 0 aliphatic carbocycles. The number of nitrogens with one attached hydrogen (secondary N) is 1. The molecule has 152 valence electrons. The first-order valence-corrected chi connectivity index (χ1v) is 10.2. The van der Waals surface area contributed by atoms with Gasteiger partial charge in [-0.1, -0.05) is 12.1 Å². The molecule has 0 atom stereocenters. The SMILES string of the molecule is [2H]C1([2H])c2c(C)cc(-c3c(C)ccc4[nH]ncc34)nc2CCN1c1cc(OC)ccc1C. The minimum atomic E-state index is -1.68. The highest BCUT2D eigenvalue weighted by molar-refractivity contribution is 5.95. The molecule has 4 aromatic rings. The lowest BCUT2D eigenvalue weighted by Gasteiger charge is -2.33. The van der Waals surface area contributed by atoms with Gasteiger partial charge in [0.2, 0.25) is 0 Å². The number of fused-ring (bicyclic) bond motifs is 2. The van der Waals surface area contributed by atoms with Crippen LogP contribution in [0.3, 0.4) is 0 Å². The van der Waals surface area contributed by atoms with Gasteiger partial charge in [0.1, 0.15) is 5.75 Å². The number of anilines is 1. The molecule has 0 radical (unpaired) electrons. The fourth-order valence-electron chi connectivity index (χ4n) is 4.26. The smallest absolute Gasteiger partial charge is 0.120 e. The quantitative estimate of drug-likeness (QED) is 0.518. The number of hydrogen-bond acceptors (Lipinski definition) is 4. The van der Waals surface area contributed by atoms with Crippen LogP contribution in [-0.4, -0.2) is 28.8 Å². The normalized spacial score (nSPS) is 16.2. The van der Waals surface area contributed by atoms with Crippen molar-refractivity contribution < 1.29 is 7.48 Å². The Balaban J connectivity index is 1.64. The van der Waals surface area contributed by atoms with Crippen molar-refractivity contribution in [2.75, 3.05) is 18.6 Å². The molecule has 0 bridgehead atoms. The summed E-state index contributed by atoms with van der Waals surface area (Å²) in [6.45, 7) is 4.91. The van der Waals surface area contributed by atoms with E-state index in [-0.39, 0.29) is 0 Å². The van der Waals surface area contributed by atoms with Gasteiger partial charge in [-0.3, -0.25) is 10.1 Å². The van der Waals surface area contributed by atoms with Crippen LogP contribution < -0.4 is 9.64 Å². The molecule has 2 aromatic heterocycles. The van der Waals surface area contributed by atoms with Gasteiger partial charge in [0, 0.05) is 47.9 Å². The zero-order chi connectivity index (χ0) is 22.6. The predicted octanol–water partition coefficient (Wildman–Crippen LogP) is 5.12. The number of aryl methyl sites for hydroxylation is 3. The van der Waals surface area contributed by atoms with Gasteiger partial charge in [0.15, 0.2) is 0 Å². The molecule has 0 unspecified atom stereocenters. The summed E-state index contributed by atoms with van der Waals surface area (Å²) in [6.07, 6.45) is 2.50. The van der Waals surface area contributed by atoms with Gasteiger partial charge < -0.3 is 9.64 Å². The molecule has 0 saturated heterocycles. The van der Waals surface area contributed by atoms with Crippen LogP contribution in [-0.2, 0) is 12.9 Å². The maximum atomic E-state index is 9.09. The van der Waals surface area contributed by atoms with Gasteiger partial charge in [0.25, 0.3) is 0 Å². The maximum Gasteiger partial charge on any atom is 0.120 e. The third-order valence-electron chi connectivity index (χ3n) is 5.91. The lowest BCUT2D eigenvalue weighted by atomic mass is 9.95. The number of methoxy groups -OCH3 is 1. The molecular formula is C25H26N4O. The number of H-pyrrole nitrogens is 1. The highest BCUT2D eigenvalue weighted by Crippen LogP contribution is 2.35. The first-order chi connectivity index (χ1) is 15.3. The highest BCUT2D eigenvalue weighted by atomic mass is 16.5. The molecule has 5 nitrogen and oxygen atoms in total. The second-order valence-corrected chi connectivity index (χ2v) is 7.90. The number of aromatic amines is 1. The van der Waals surface area contributed by atoms with E-state index < -0.39 is 6.50 Å². The number of rotatable bonds is 3. The van der Waals surface area contributed by atoms with Crippen LogP contribution in [0.15, 0.2) is 42.6 Å². The lowest BCUT2D eigenvalue weighted by Crippen LogP contribution is -2.32. The third kappa shape index (κ3) is 3.02. The van der Waals surface area contributed by atoms with E-state index >= 15 is 0 Å². The minimum absolute atomic E-state index is 0.540. The van der Waals surface area contributed by atoms with Crippen molar-refractivity contribution in [1.29, 1.82) is 0 Å². The number of aromatic nitrogens is 3. The minimum Gasteiger partial charge on any atom is -0.497 e. The van der Waals surface area contributed by atoms with Crippen molar-refractivity contribution in [3.63, 3.8) is 0 Å². The Morgan fingerprint density at radius 3 is 2.73 bits per heavy atom. The Morgan fingerprint density at radius 1 is 1.07 bits per heavy atom. The molecule has 0 amide bonds. The Bertz CT molecular complexity index is 1350. The van der Waals surface area contributed by atoms with E-state index in [9.17, 15) is 0 Å². The van der Waals surface area contributed by atoms with Crippen molar-refractivity contribution in [2.45, 2.75) is 33.7 Å². The topological polar surface area (TPSA) is 54.0 Å². The van der Waals surface area contributed by atoms with Gasteiger partial charge in [0.05, 0.1) is 27.3 Å². The highest BCUT2D eigenvalue weighted by Gasteiger charge is 2.23. The van der Waals surface area contributed by atoms with Crippen LogP contribution in [0.25, 0.3) is 22.2 Å². The Labute approximate surface area is 179 Å². The number of pyridine rings is 1. The van der Waals surface area contributed by atoms with Crippen molar-refractivity contribution >= 4 is 16.6 Å². The first-order valence-electron chi connectivity index (χ1n) is 11.2. The number of ether oxygens (including phenoxy) is 1. The zero-order valence-corrected chi connectivity index (χ0v) is 17.7. The average molecular weight is 401 g/mol. The van der Waals surface area contributed by atoms with Crippen LogP contribution in [0.1, 0.15) is 30.7 Å². The number of benzene rings is 2. The third-order valence-corrected chi connectivity index (χ3v) is 5.91. The summed E-state index contributed by atoms with van der Waals surface area (Å²) in [6, 6.07) is 11.9. The lowest BCUT2D eigenvalue weighted by molar-refractivity contribution is 0.414. The molecule has 0 saturated carbocycles. The predicted molar refractivity (Wildman–Crippen MR) is 121 cm³/mol. The van der Waals surface area contributed by atoms with Gasteiger partial charge in [-0.05, 0) is 61.2 Å². The Morgan fingerprint density at radius 2 is 1.90 bits per heavy atom. The summed E-state index contributed by atoms with van der Waals surface area (Å²) in [4.78, 5) is 6.82. The second-order valence-electron chi connectivity index (χ2n) is 7.90. The van der Waals surface area contributed by atoms with E-state index in [0.29, 0.717) is 18.5 Å². The molecular weight excluding hydrogens is 372 g/mol. The van der Waals surface area contributed by atoms with E-state index in [1.54, 1.807) is 7.11 Å². The van der Waals surface area contributed by atoms with Crippen molar-refractivity contribution in [2.24, 2.45) is 0 Å². The first kappa shape index (κ1) is 16.5. The van der Waals surface area contributed by atoms with Gasteiger partial charge in [-0.15, -0.1) is 0 Å². The molecule has 0 spiro atoms. The van der Waals surface area contributed by atoms with Gasteiger partial charge in [-0.2, -0.15) is 5.10 Å². The average Bonchev–Trinajstić information content (AvgIpc) is 3.22. The fraction of sp³-hybridized carbons (Fsp3) is 0.280. The van der Waals surface area contributed by atoms with Gasteiger partial charge >= 0.3 is 0 Å². The van der Waals surface area contributed by atoms with Crippen molar-refractivity contribution in [3.8, 4) is 17.0 Å². The summed E-state index contributed by atoms with van der Waals surface area (Å²) in [5, 5.41) is 8.26. The van der Waals surface area contributed by atoms with E-state index in [0.717, 1.165) is 56.0 Å². The molecule has 3 heterocycles. The molecule has 0 fully saturated rings. The second kappa shape index (κ2) is 7.17. The Hall–Kier alpha value is -3.34. The van der Waals surface area contributed by atoms with Crippen LogP contribution in [0.2, 0.25) is 0 Å². The van der Waals surface area contributed by atoms with Crippen molar-refractivity contribution in [1.82, 2.24) is 15.2 Å². The van der Waals surface area contributed by atoms with E-state index in [4.69, 9.17) is 12.5 Å². The molecule has 1 aliphatic rings. The molecule has 1 N–H and O–H groups in total. The fourth-order valence-corrected chi connectivity index (χ4v) is 4.26. The Kier molecular flexibility index (Phi) is 3.93. The van der Waals surface area contributed by atoms with E-state index in [2.05, 4.69) is 23.2 Å². The summed E-state index contributed by atoms with van der Waals surface area (Å²) >= 11 is 0. The summed E-state index contributed by atoms with van der Waals surface area (Å²) < 4.78 is 23.6. The molecule has 2 aromatic carbocycles. The molecule has 1 aliphatic heterocycles. The maximum absolute atomic E-state index is 9.09. The van der Waals surface area contributed by atoms with Crippen LogP contribution in [0.4, 0.5) is 5.69 Å². The molecule has 30 heavy (non-hydrogen) atoms. The number of hydrogen-bond donors (Lipinski definition) is 1. The monoisotopic (exact) mass is 400 g/mol. The molecule has 5 heteroatoms. The zero-order valence-electron chi connectivity index (χ0n) is 19.7. The number of nitrogens with zero attached hydrogens (tertiary/aromatic N) is 3. The van der Waals surface area contributed by atoms with Gasteiger partial charge in [-0.25, -0.2) is 0 Å². The van der Waals surface area contributed by atoms with Crippen molar-refractivity contribution in [3.05, 3.63) is 70.5 Å². The van der Waals surface area contributed by atoms with Crippen LogP contribution in [0, 0.1) is 20.8 Å². The standard InChI is InChI=1S/C25H26N4O/c1-15-5-7-18(30-4)12-24(15)29-10-9-21-20(14-29)17(3)11-23(27-21)25-16(2)6-8-22-19(25)13-26-28-22/h5-8,11-13H,9-10,14H2,1-4H3,(H,26,28)/i14D2. The van der Waals surface area contributed by atoms with Crippen LogP contribution in [0.5, 0.6) is 5.75 Å². The van der Waals surface area contributed by atoms with E-state index in [1.165, 1.54) is 0 Å². The summed E-state index contributed by atoms with van der Waals surface area (Å²) in [5.41, 5.74) is 8.26. The largest absolute Gasteiger partial charge is 0.497 e. The van der Waals surface area contributed by atoms with Crippen LogP contribution >= 0.6 is 0 Å². The summed E-state index contributed by atoms with van der Waals surface area (Å²) in [7, 11) is 1.63. The summed E-state index contributed by atoms with van der Waals surface area (Å²) in [5.74, 6) is 0.723. The van der Waals surface area contributed by atoms with E-state index in [1.807, 2.05) is 55.3 Å². The molecule has 5 rings (SSSR count).